The maximum atomic E-state index is 6.20. The normalized spacial score (nSPS) is 14.4. The van der Waals surface area contributed by atoms with Crippen molar-refractivity contribution in [3.05, 3.63) is 100 Å². The van der Waals surface area contributed by atoms with Crippen molar-refractivity contribution >= 4 is 51.3 Å². The zero-order valence-corrected chi connectivity index (χ0v) is 19.0. The Bertz CT molecular complexity index is 1260. The molecule has 6 rings (SSSR count). The molecule has 2 aliphatic carbocycles. The molecule has 2 aromatic carbocycles. The van der Waals surface area contributed by atoms with Crippen molar-refractivity contribution in [2.75, 3.05) is 0 Å². The molecule has 0 unspecified atom stereocenters. The van der Waals surface area contributed by atoms with Gasteiger partial charge in [-0.05, 0) is 96.0 Å². The lowest BCUT2D eigenvalue weighted by Crippen LogP contribution is -2.07. The van der Waals surface area contributed by atoms with E-state index in [0.29, 0.717) is 0 Å². The van der Waals surface area contributed by atoms with Crippen LogP contribution in [0.3, 0.4) is 0 Å². The Morgan fingerprint density at radius 1 is 0.935 bits per heavy atom. The van der Waals surface area contributed by atoms with Gasteiger partial charge in [-0.25, -0.2) is 0 Å². The van der Waals surface area contributed by atoms with Gasteiger partial charge >= 0.3 is 0 Å². The maximum absolute atomic E-state index is 6.20. The summed E-state index contributed by atoms with van der Waals surface area (Å²) in [6, 6.07) is 14.5. The monoisotopic (exact) mass is 446 g/mol. The molecule has 0 aliphatic heterocycles. The maximum Gasteiger partial charge on any atom is 0.0732 e. The predicted molar refractivity (Wildman–Crippen MR) is 134 cm³/mol. The summed E-state index contributed by atoms with van der Waals surface area (Å²) in [5.74, 6) is 0. The van der Waals surface area contributed by atoms with Crippen LogP contribution in [0.1, 0.15) is 36.0 Å². The van der Waals surface area contributed by atoms with Crippen molar-refractivity contribution in [2.45, 2.75) is 32.6 Å². The van der Waals surface area contributed by atoms with E-state index in [2.05, 4.69) is 53.3 Å². The number of aryl methyl sites for hydroxylation is 2. The highest BCUT2D eigenvalue weighted by Gasteiger charge is 2.21. The fraction of sp³-hybridized carbons (Fsp3) is 0.185. The van der Waals surface area contributed by atoms with E-state index in [9.17, 15) is 0 Å². The van der Waals surface area contributed by atoms with Crippen LogP contribution in [0, 0.1) is 6.92 Å². The molecule has 2 aromatic heterocycles. The van der Waals surface area contributed by atoms with Crippen LogP contribution in [0.25, 0.3) is 27.2 Å². The Morgan fingerprint density at radius 3 is 2.71 bits per heavy atom. The molecule has 4 aromatic rings. The lowest BCUT2D eigenvalue weighted by molar-refractivity contribution is 0.831. The number of hydrogen-bond acceptors (Lipinski definition) is 2. The van der Waals surface area contributed by atoms with Gasteiger partial charge in [0.1, 0.15) is 0 Å². The number of halogens is 2. The van der Waals surface area contributed by atoms with Gasteiger partial charge < -0.3 is 0 Å². The third kappa shape index (κ3) is 4.23. The fourth-order valence-corrected chi connectivity index (χ4v) is 4.96. The number of allylic oxidation sites excluding steroid dienone is 4. The molecule has 0 fully saturated rings. The summed E-state index contributed by atoms with van der Waals surface area (Å²) in [6.45, 7) is 2.18. The number of benzene rings is 2. The average Bonchev–Trinajstić information content (AvgIpc) is 2.78. The Balaban J connectivity index is 0.000000178. The molecule has 0 radical (unpaired) electrons. The van der Waals surface area contributed by atoms with Gasteiger partial charge in [-0.3, -0.25) is 9.97 Å². The molecule has 0 N–H and O–H groups in total. The van der Waals surface area contributed by atoms with E-state index in [4.69, 9.17) is 11.6 Å². The van der Waals surface area contributed by atoms with E-state index in [0.717, 1.165) is 15.9 Å². The number of hydrogen-bond donors (Lipinski definition) is 0. The van der Waals surface area contributed by atoms with Gasteiger partial charge in [0.05, 0.1) is 5.52 Å². The molecule has 0 saturated heterocycles. The molecule has 2 nitrogen and oxygen atoms in total. The first-order valence-electron chi connectivity index (χ1n) is 10.5. The van der Waals surface area contributed by atoms with E-state index in [1.807, 2.05) is 24.4 Å². The molecule has 156 valence electrons. The SMILES string of the molecule is Cc1cc(Cl)cc2ccc3c(c12)CCC1=C3C=CCC1.Cl.c1cnc2ccncc2c1. The molecule has 31 heavy (non-hydrogen) atoms. The summed E-state index contributed by atoms with van der Waals surface area (Å²) in [6.07, 6.45) is 14.8. The van der Waals surface area contributed by atoms with Crippen LogP contribution in [0.15, 0.2) is 78.8 Å². The first-order valence-corrected chi connectivity index (χ1v) is 10.8. The molecule has 4 heteroatoms. The molecule has 0 amide bonds. The third-order valence-electron chi connectivity index (χ3n) is 6.04. The highest BCUT2D eigenvalue weighted by atomic mass is 35.5. The van der Waals surface area contributed by atoms with Crippen LogP contribution >= 0.6 is 24.0 Å². The highest BCUT2D eigenvalue weighted by molar-refractivity contribution is 6.31. The summed E-state index contributed by atoms with van der Waals surface area (Å²) in [4.78, 5) is 8.11. The number of nitrogens with zero attached hydrogens (tertiary/aromatic N) is 2. The summed E-state index contributed by atoms with van der Waals surface area (Å²) in [7, 11) is 0. The molecule has 0 atom stereocenters. The smallest absolute Gasteiger partial charge is 0.0732 e. The van der Waals surface area contributed by atoms with E-state index in [-0.39, 0.29) is 12.4 Å². The van der Waals surface area contributed by atoms with Crippen LogP contribution in [0.5, 0.6) is 0 Å². The fourth-order valence-electron chi connectivity index (χ4n) is 4.68. The Labute approximate surface area is 194 Å². The summed E-state index contributed by atoms with van der Waals surface area (Å²) in [5.41, 5.74) is 8.38. The van der Waals surface area contributed by atoms with Crippen molar-refractivity contribution < 1.29 is 0 Å². The van der Waals surface area contributed by atoms with E-state index < -0.39 is 0 Å². The largest absolute Gasteiger partial charge is 0.264 e. The average molecular weight is 447 g/mol. The Morgan fingerprint density at radius 2 is 1.84 bits per heavy atom. The number of fused-ring (bicyclic) bond motifs is 5. The first kappa shape index (κ1) is 21.5. The lowest BCUT2D eigenvalue weighted by Gasteiger charge is -2.26. The van der Waals surface area contributed by atoms with Gasteiger partial charge in [-0.2, -0.15) is 0 Å². The molecule has 0 bridgehead atoms. The van der Waals surface area contributed by atoms with Crippen LogP contribution in [0.2, 0.25) is 5.02 Å². The van der Waals surface area contributed by atoms with Crippen molar-refractivity contribution in [2.24, 2.45) is 0 Å². The second-order valence-electron chi connectivity index (χ2n) is 7.94. The minimum atomic E-state index is 0. The van der Waals surface area contributed by atoms with Crippen molar-refractivity contribution in [3.63, 3.8) is 0 Å². The number of rotatable bonds is 0. The lowest BCUT2D eigenvalue weighted by atomic mass is 9.79. The summed E-state index contributed by atoms with van der Waals surface area (Å²) < 4.78 is 0. The standard InChI is InChI=1S/C19H17Cl.C8H6N2.ClH/c1-12-10-15(20)11-14-7-8-17-16-5-3-2-4-13(16)6-9-18(17)19(12)14;1-2-7-6-9-5-3-8(7)10-4-1;/h3,5,7-8,10-11H,2,4,6,9H2,1H3;1-6H;1H. The van der Waals surface area contributed by atoms with Gasteiger partial charge in [-0.1, -0.05) is 41.5 Å². The topological polar surface area (TPSA) is 25.8 Å². The van der Waals surface area contributed by atoms with Gasteiger partial charge in [0.2, 0.25) is 0 Å². The van der Waals surface area contributed by atoms with Gasteiger partial charge in [0.25, 0.3) is 0 Å². The van der Waals surface area contributed by atoms with Crippen LogP contribution in [0.4, 0.5) is 0 Å². The van der Waals surface area contributed by atoms with Crippen LogP contribution < -0.4 is 0 Å². The first-order chi connectivity index (χ1) is 14.7. The Kier molecular flexibility index (Phi) is 6.41. The van der Waals surface area contributed by atoms with Crippen molar-refractivity contribution in [1.82, 2.24) is 9.97 Å². The Hall–Kier alpha value is -2.68. The molecular formula is C27H24Cl2N2. The summed E-state index contributed by atoms with van der Waals surface area (Å²) >= 11 is 6.20. The number of aromatic nitrogens is 2. The molecular weight excluding hydrogens is 423 g/mol. The van der Waals surface area contributed by atoms with Crippen molar-refractivity contribution in [3.8, 4) is 0 Å². The minimum absolute atomic E-state index is 0. The van der Waals surface area contributed by atoms with Crippen LogP contribution in [-0.2, 0) is 6.42 Å². The molecule has 2 heterocycles. The number of pyridine rings is 2. The van der Waals surface area contributed by atoms with Crippen molar-refractivity contribution in [1.29, 1.82) is 0 Å². The second kappa shape index (κ2) is 9.21. The molecule has 0 spiro atoms. The minimum Gasteiger partial charge on any atom is -0.264 e. The molecule has 2 aliphatic rings. The zero-order valence-electron chi connectivity index (χ0n) is 17.4. The molecule has 0 saturated carbocycles. The van der Waals surface area contributed by atoms with Gasteiger partial charge in [0.15, 0.2) is 0 Å². The summed E-state index contributed by atoms with van der Waals surface area (Å²) in [5, 5.41) is 4.61. The van der Waals surface area contributed by atoms with Gasteiger partial charge in [-0.15, -0.1) is 12.4 Å². The predicted octanol–water partition coefficient (Wildman–Crippen LogP) is 7.90. The van der Waals surface area contributed by atoms with Crippen LogP contribution in [-0.4, -0.2) is 9.97 Å². The quantitative estimate of drug-likeness (QED) is 0.274. The second-order valence-corrected chi connectivity index (χ2v) is 8.38. The van der Waals surface area contributed by atoms with Gasteiger partial charge in [0, 0.05) is 29.0 Å². The third-order valence-corrected chi connectivity index (χ3v) is 6.25. The van der Waals surface area contributed by atoms with E-state index in [1.165, 1.54) is 58.7 Å². The zero-order chi connectivity index (χ0) is 20.5. The van der Waals surface area contributed by atoms with E-state index >= 15 is 0 Å². The highest BCUT2D eigenvalue weighted by Crippen LogP contribution is 2.41. The van der Waals surface area contributed by atoms with E-state index in [1.54, 1.807) is 18.0 Å².